The number of benzene rings is 1. The van der Waals surface area contributed by atoms with Crippen molar-refractivity contribution in [1.29, 1.82) is 0 Å². The van der Waals surface area contributed by atoms with Crippen LogP contribution in [-0.4, -0.2) is 54.5 Å². The van der Waals surface area contributed by atoms with E-state index in [4.69, 9.17) is 0 Å². The minimum absolute atomic E-state index is 0.218. The highest BCUT2D eigenvalue weighted by Gasteiger charge is 2.07. The van der Waals surface area contributed by atoms with Gasteiger partial charge in [0.15, 0.2) is 0 Å². The number of hydrogen-bond donors (Lipinski definition) is 2. The van der Waals surface area contributed by atoms with Gasteiger partial charge in [-0.15, -0.1) is 0 Å². The first-order chi connectivity index (χ1) is 12.0. The number of hydrogen-bond acceptors (Lipinski definition) is 5. The number of nitrogens with one attached hydrogen (secondary N) is 2. The van der Waals surface area contributed by atoms with Crippen LogP contribution in [0.2, 0.25) is 0 Å². The molecule has 1 aromatic heterocycles. The van der Waals surface area contributed by atoms with Crippen LogP contribution in [-0.2, 0) is 6.42 Å². The molecule has 0 aliphatic heterocycles. The summed E-state index contributed by atoms with van der Waals surface area (Å²) in [6.45, 7) is 2.18. The molecule has 7 heteroatoms. The van der Waals surface area contributed by atoms with Gasteiger partial charge in [-0.3, -0.25) is 4.79 Å². The van der Waals surface area contributed by atoms with Crippen molar-refractivity contribution in [2.24, 2.45) is 0 Å². The molecule has 0 aliphatic carbocycles. The average molecular weight is 345 g/mol. The molecule has 1 aromatic carbocycles. The molecule has 1 heterocycles. The second kappa shape index (κ2) is 9.68. The van der Waals surface area contributed by atoms with Crippen molar-refractivity contribution < 1.29 is 9.18 Å². The fraction of sp³-hybridized carbons (Fsp3) is 0.389. The SMILES string of the molecule is CN(C)CCCNC(=O)c1cnc(NCCc2ccc(F)cc2)cn1. The second-order valence-electron chi connectivity index (χ2n) is 6.00. The molecule has 2 rings (SSSR count). The average Bonchev–Trinajstić information content (AvgIpc) is 2.61. The zero-order valence-electron chi connectivity index (χ0n) is 14.6. The van der Waals surface area contributed by atoms with Crippen LogP contribution in [0.4, 0.5) is 10.2 Å². The molecule has 2 aromatic rings. The van der Waals surface area contributed by atoms with Crippen molar-refractivity contribution in [2.45, 2.75) is 12.8 Å². The molecule has 25 heavy (non-hydrogen) atoms. The molecule has 0 spiro atoms. The Hall–Kier alpha value is -2.54. The zero-order chi connectivity index (χ0) is 18.1. The third-order valence-electron chi connectivity index (χ3n) is 3.59. The van der Waals surface area contributed by atoms with E-state index in [9.17, 15) is 9.18 Å². The Morgan fingerprint density at radius 2 is 1.88 bits per heavy atom. The zero-order valence-corrected chi connectivity index (χ0v) is 14.6. The van der Waals surface area contributed by atoms with E-state index in [0.29, 0.717) is 24.6 Å². The Kier molecular flexibility index (Phi) is 7.28. The summed E-state index contributed by atoms with van der Waals surface area (Å²) in [7, 11) is 3.99. The number of carbonyl (C=O) groups excluding carboxylic acids is 1. The molecule has 0 saturated carbocycles. The first-order valence-corrected chi connectivity index (χ1v) is 8.28. The molecule has 2 N–H and O–H groups in total. The van der Waals surface area contributed by atoms with Gasteiger partial charge in [0.25, 0.3) is 5.91 Å². The summed E-state index contributed by atoms with van der Waals surface area (Å²) in [5, 5.41) is 5.96. The summed E-state index contributed by atoms with van der Waals surface area (Å²) < 4.78 is 12.8. The van der Waals surface area contributed by atoms with Crippen molar-refractivity contribution >= 4 is 11.7 Å². The van der Waals surface area contributed by atoms with Crippen molar-refractivity contribution in [3.63, 3.8) is 0 Å². The predicted octanol–water partition coefficient (Wildman–Crippen LogP) is 1.95. The van der Waals surface area contributed by atoms with Crippen LogP contribution in [0.1, 0.15) is 22.5 Å². The van der Waals surface area contributed by atoms with Gasteiger partial charge in [-0.1, -0.05) is 12.1 Å². The largest absolute Gasteiger partial charge is 0.368 e. The maximum atomic E-state index is 12.8. The van der Waals surface area contributed by atoms with E-state index in [1.165, 1.54) is 18.3 Å². The number of aromatic nitrogens is 2. The fourth-order valence-corrected chi connectivity index (χ4v) is 2.21. The normalized spacial score (nSPS) is 10.7. The van der Waals surface area contributed by atoms with Crippen LogP contribution < -0.4 is 10.6 Å². The van der Waals surface area contributed by atoms with Gasteiger partial charge >= 0.3 is 0 Å². The summed E-state index contributed by atoms with van der Waals surface area (Å²) >= 11 is 0. The van der Waals surface area contributed by atoms with Gasteiger partial charge in [0.05, 0.1) is 12.4 Å². The molecule has 0 fully saturated rings. The number of halogens is 1. The maximum absolute atomic E-state index is 12.8. The van der Waals surface area contributed by atoms with Crippen LogP contribution >= 0.6 is 0 Å². The minimum Gasteiger partial charge on any atom is -0.368 e. The highest BCUT2D eigenvalue weighted by atomic mass is 19.1. The molecule has 134 valence electrons. The summed E-state index contributed by atoms with van der Waals surface area (Å²) in [4.78, 5) is 22.3. The van der Waals surface area contributed by atoms with E-state index in [1.807, 2.05) is 14.1 Å². The minimum atomic E-state index is -0.238. The molecule has 0 atom stereocenters. The van der Waals surface area contributed by atoms with E-state index in [1.54, 1.807) is 18.3 Å². The van der Waals surface area contributed by atoms with Crippen LogP contribution in [0, 0.1) is 5.82 Å². The summed E-state index contributed by atoms with van der Waals surface area (Å²) in [5.74, 6) is 0.147. The third kappa shape index (κ3) is 6.84. The van der Waals surface area contributed by atoms with E-state index >= 15 is 0 Å². The Morgan fingerprint density at radius 3 is 2.52 bits per heavy atom. The maximum Gasteiger partial charge on any atom is 0.271 e. The molecule has 0 aliphatic rings. The quantitative estimate of drug-likeness (QED) is 0.680. The standard InChI is InChI=1S/C18H24FN5O/c1-24(2)11-3-9-21-18(25)16-12-23-17(13-22-16)20-10-8-14-4-6-15(19)7-5-14/h4-7,12-13H,3,8-11H2,1-2H3,(H,20,23)(H,21,25). The third-order valence-corrected chi connectivity index (χ3v) is 3.59. The van der Waals surface area contributed by atoms with E-state index in [2.05, 4.69) is 25.5 Å². The van der Waals surface area contributed by atoms with Crippen LogP contribution in [0.25, 0.3) is 0 Å². The van der Waals surface area contributed by atoms with Crippen LogP contribution in [0.15, 0.2) is 36.7 Å². The van der Waals surface area contributed by atoms with Gasteiger partial charge < -0.3 is 15.5 Å². The molecule has 0 bridgehead atoms. The fourth-order valence-electron chi connectivity index (χ4n) is 2.21. The van der Waals surface area contributed by atoms with Crippen LogP contribution in [0.5, 0.6) is 0 Å². The lowest BCUT2D eigenvalue weighted by atomic mass is 10.1. The molecule has 0 unspecified atom stereocenters. The monoisotopic (exact) mass is 345 g/mol. The highest BCUT2D eigenvalue weighted by Crippen LogP contribution is 2.05. The number of amides is 1. The van der Waals surface area contributed by atoms with Gasteiger partial charge in [-0.2, -0.15) is 0 Å². The lowest BCUT2D eigenvalue weighted by Crippen LogP contribution is -2.27. The van der Waals surface area contributed by atoms with Gasteiger partial charge in [-0.05, 0) is 51.2 Å². The smallest absolute Gasteiger partial charge is 0.271 e. The Bertz CT molecular complexity index is 658. The lowest BCUT2D eigenvalue weighted by molar-refractivity contribution is 0.0947. The molecular formula is C18H24FN5O. The van der Waals surface area contributed by atoms with Crippen LogP contribution in [0.3, 0.4) is 0 Å². The summed E-state index contributed by atoms with van der Waals surface area (Å²) in [6, 6.07) is 6.40. The summed E-state index contributed by atoms with van der Waals surface area (Å²) in [6.07, 6.45) is 4.63. The van der Waals surface area contributed by atoms with Crippen molar-refractivity contribution in [1.82, 2.24) is 20.2 Å². The number of anilines is 1. The van der Waals surface area contributed by atoms with Gasteiger partial charge in [-0.25, -0.2) is 14.4 Å². The molecule has 0 saturated heterocycles. The van der Waals surface area contributed by atoms with E-state index in [-0.39, 0.29) is 11.7 Å². The Morgan fingerprint density at radius 1 is 1.12 bits per heavy atom. The predicted molar refractivity (Wildman–Crippen MR) is 96.1 cm³/mol. The number of rotatable bonds is 9. The van der Waals surface area contributed by atoms with E-state index in [0.717, 1.165) is 24.9 Å². The highest BCUT2D eigenvalue weighted by molar-refractivity contribution is 5.91. The van der Waals surface area contributed by atoms with Crippen molar-refractivity contribution in [3.8, 4) is 0 Å². The van der Waals surface area contributed by atoms with Gasteiger partial charge in [0.1, 0.15) is 17.3 Å². The first-order valence-electron chi connectivity index (χ1n) is 8.28. The van der Waals surface area contributed by atoms with Crippen molar-refractivity contribution in [2.75, 3.05) is 39.0 Å². The molecule has 1 amide bonds. The first kappa shape index (κ1) is 18.8. The van der Waals surface area contributed by atoms with Gasteiger partial charge in [0, 0.05) is 13.1 Å². The lowest BCUT2D eigenvalue weighted by Gasteiger charge is -2.10. The van der Waals surface area contributed by atoms with Gasteiger partial charge in [0.2, 0.25) is 0 Å². The molecule has 0 radical (unpaired) electrons. The molecular weight excluding hydrogens is 321 g/mol. The molecule has 6 nitrogen and oxygen atoms in total. The Labute approximate surface area is 147 Å². The second-order valence-corrected chi connectivity index (χ2v) is 6.00. The topological polar surface area (TPSA) is 70.2 Å². The summed E-state index contributed by atoms with van der Waals surface area (Å²) in [5.41, 5.74) is 1.34. The number of carbonyl (C=O) groups is 1. The van der Waals surface area contributed by atoms with Crippen molar-refractivity contribution in [3.05, 3.63) is 53.7 Å². The number of nitrogens with zero attached hydrogens (tertiary/aromatic N) is 3. The Balaban J connectivity index is 1.73. The van der Waals surface area contributed by atoms with E-state index < -0.39 is 0 Å².